The summed E-state index contributed by atoms with van der Waals surface area (Å²) >= 11 is 1.82. The molecule has 0 aromatic heterocycles. The largest absolute Gasteiger partial charge is 0.743 e. The second-order valence-electron chi connectivity index (χ2n) is 16.4. The van der Waals surface area contributed by atoms with Crippen LogP contribution in [0.4, 0.5) is 114 Å². The van der Waals surface area contributed by atoms with E-state index in [1.165, 1.54) is 39.2 Å². The Morgan fingerprint density at radius 3 is 0.612 bits per heavy atom. The molecule has 0 saturated carbocycles. The minimum Gasteiger partial charge on any atom is -0.743 e. The van der Waals surface area contributed by atoms with Crippen LogP contribution in [-0.4, -0.2) is 96.2 Å². The Bertz CT molecular complexity index is 3090. The minimum atomic E-state index is -8.29. The van der Waals surface area contributed by atoms with Gasteiger partial charge in [-0.1, -0.05) is 84.6 Å². The lowest BCUT2D eigenvalue weighted by Gasteiger charge is -2.39. The number of benzene rings is 6. The first-order valence-corrected chi connectivity index (χ1v) is 27.8. The highest BCUT2D eigenvalue weighted by atomic mass is 32.2. The molecule has 6 rings (SSSR count). The second-order valence-corrected chi connectivity index (χ2v) is 24.5. The van der Waals surface area contributed by atoms with Crippen molar-refractivity contribution in [3.63, 3.8) is 0 Å². The van der Waals surface area contributed by atoms with Gasteiger partial charge in [0.05, 0.1) is 21.8 Å². The van der Waals surface area contributed by atoms with Gasteiger partial charge in [-0.25, -0.2) is 16.8 Å². The molecule has 0 fully saturated rings. The first-order chi connectivity index (χ1) is 38.3. The maximum Gasteiger partial charge on any atom is 0.460 e. The summed E-state index contributed by atoms with van der Waals surface area (Å²) in [7, 11) is -16.0. The molecular weight excluding hydrogens is 1330 g/mol. The quantitative estimate of drug-likeness (QED) is 0.0478. The zero-order valence-corrected chi connectivity index (χ0v) is 44.6. The van der Waals surface area contributed by atoms with Crippen molar-refractivity contribution in [2.24, 2.45) is 0 Å². The molecule has 0 amide bonds. The normalized spacial score (nSPS) is 14.1. The molecule has 0 spiro atoms. The van der Waals surface area contributed by atoms with Crippen LogP contribution >= 0.6 is 11.8 Å². The highest BCUT2D eigenvalue weighted by Crippen LogP contribution is 2.62. The van der Waals surface area contributed by atoms with Gasteiger partial charge in [-0.05, 0) is 97.1 Å². The van der Waals surface area contributed by atoms with Crippen LogP contribution in [0.1, 0.15) is 0 Å². The summed E-state index contributed by atoms with van der Waals surface area (Å²) in [5, 5.41) is -15.3. The molecule has 0 unspecified atom stereocenters. The van der Waals surface area contributed by atoms with E-state index in [2.05, 4.69) is 170 Å². The maximum atomic E-state index is 12.7. The number of halogens is 26. The number of alkyl halides is 26. The van der Waals surface area contributed by atoms with Gasteiger partial charge >= 0.3 is 70.2 Å². The van der Waals surface area contributed by atoms with Crippen LogP contribution in [0.2, 0.25) is 0 Å². The van der Waals surface area contributed by atoms with E-state index in [-0.39, 0.29) is 21.8 Å². The molecule has 0 aliphatic carbocycles. The summed E-state index contributed by atoms with van der Waals surface area (Å²) < 4.78 is 378. The van der Waals surface area contributed by atoms with E-state index in [9.17, 15) is 140 Å². The summed E-state index contributed by atoms with van der Waals surface area (Å²) in [6.45, 7) is 0. The standard InChI is InChI=1S/C36H28S3.2C6HF13O3S/c1-5-13-31(14-6-1)38(32-15-7-2-8-16-32)35-25-21-29(22-26-35)37-30-23-27-36(28-24-30)39(33-17-9-3-10-18-33)34-19-11-4-12-20-34;2*7-1(8,3(11,12)5(15,16)17)2(9,10)4(13,14)6(18,19)23(20,21)22/h1-28H;2*(H,20,21,22)/q+2;;/p-2. The Hall–Kier alpha value is -5.63. The van der Waals surface area contributed by atoms with Crippen molar-refractivity contribution in [3.8, 4) is 0 Å². The van der Waals surface area contributed by atoms with Crippen molar-refractivity contribution in [1.29, 1.82) is 0 Å². The maximum absolute atomic E-state index is 12.7. The van der Waals surface area contributed by atoms with E-state index in [1.807, 2.05) is 11.8 Å². The minimum absolute atomic E-state index is 0.123. The summed E-state index contributed by atoms with van der Waals surface area (Å²) in [5.41, 5.74) is 0. The Morgan fingerprint density at radius 1 is 0.259 bits per heavy atom. The van der Waals surface area contributed by atoms with Crippen LogP contribution in [-0.2, 0) is 42.0 Å². The third-order valence-electron chi connectivity index (χ3n) is 10.7. The summed E-state index contributed by atoms with van der Waals surface area (Å²) in [6.07, 6.45) is -15.2. The molecule has 0 aliphatic heterocycles. The third-order valence-corrected chi connectivity index (χ3v) is 18.0. The monoisotopic (exact) mass is 1350 g/mol. The predicted octanol–water partition coefficient (Wildman–Crippen LogP) is 16.5. The van der Waals surface area contributed by atoms with Gasteiger partial charge in [0.2, 0.25) is 0 Å². The molecule has 37 heteroatoms. The fourth-order valence-corrected chi connectivity index (χ4v) is 12.2. The highest BCUT2D eigenvalue weighted by Gasteiger charge is 2.93. The van der Waals surface area contributed by atoms with Crippen molar-refractivity contribution < 1.29 is 140 Å². The molecule has 0 radical (unpaired) electrons. The topological polar surface area (TPSA) is 114 Å². The zero-order chi connectivity index (χ0) is 65.3. The van der Waals surface area contributed by atoms with E-state index in [1.54, 1.807) is 0 Å². The Morgan fingerprint density at radius 2 is 0.435 bits per heavy atom. The van der Waals surface area contributed by atoms with Gasteiger partial charge in [-0.2, -0.15) is 114 Å². The van der Waals surface area contributed by atoms with E-state index in [0.29, 0.717) is 0 Å². The van der Waals surface area contributed by atoms with Gasteiger partial charge in [0, 0.05) is 9.79 Å². The number of hydrogen-bond acceptors (Lipinski definition) is 7. The molecule has 6 aromatic carbocycles. The molecular formula is C48H28F26O6S5. The molecule has 468 valence electrons. The average Bonchev–Trinajstić information content (AvgIpc) is 0.802. The second kappa shape index (κ2) is 24.9. The smallest absolute Gasteiger partial charge is 0.460 e. The van der Waals surface area contributed by atoms with Crippen LogP contribution in [0.3, 0.4) is 0 Å². The fraction of sp³-hybridized carbons (Fsp3) is 0.250. The average molecular weight is 1360 g/mol. The van der Waals surface area contributed by atoms with Crippen molar-refractivity contribution in [2.75, 3.05) is 0 Å². The molecule has 0 atom stereocenters. The van der Waals surface area contributed by atoms with Crippen LogP contribution in [0.15, 0.2) is 209 Å². The molecule has 0 N–H and O–H groups in total. The van der Waals surface area contributed by atoms with Crippen molar-refractivity contribution in [2.45, 2.75) is 109 Å². The van der Waals surface area contributed by atoms with Crippen LogP contribution < -0.4 is 0 Å². The molecule has 0 aliphatic rings. The highest BCUT2D eigenvalue weighted by molar-refractivity contribution is 7.99. The Labute approximate surface area is 471 Å². The Balaban J connectivity index is 0.000000293. The molecule has 0 bridgehead atoms. The molecule has 85 heavy (non-hydrogen) atoms. The first kappa shape index (κ1) is 71.8. The van der Waals surface area contributed by atoms with Crippen molar-refractivity contribution in [1.82, 2.24) is 0 Å². The van der Waals surface area contributed by atoms with E-state index < -0.39 is 90.5 Å². The van der Waals surface area contributed by atoms with Gasteiger partial charge in [0.25, 0.3) is 0 Å². The SMILES string of the molecule is O=S(=O)([O-])C(F)(F)C(F)(F)C(F)(F)C(F)(F)C(F)(F)C(F)(F)F.O=S(=O)([O-])C(F)(F)C(F)(F)C(F)(F)C(F)(F)C(F)(F)C(F)(F)F.c1ccc([S+](c2ccccc2)c2ccc(Sc3ccc([S+](c4ccccc4)c4ccccc4)cc3)cc2)cc1. The van der Waals surface area contributed by atoms with Crippen LogP contribution in [0, 0.1) is 0 Å². The molecule has 6 nitrogen and oxygen atoms in total. The van der Waals surface area contributed by atoms with E-state index in [4.69, 9.17) is 0 Å². The van der Waals surface area contributed by atoms with Gasteiger partial charge in [-0.3, -0.25) is 0 Å². The lowest BCUT2D eigenvalue weighted by atomic mass is 9.98. The van der Waals surface area contributed by atoms with Crippen molar-refractivity contribution >= 4 is 53.8 Å². The molecule has 0 saturated heterocycles. The molecule has 0 heterocycles. The van der Waals surface area contributed by atoms with Crippen LogP contribution in [0.5, 0.6) is 0 Å². The summed E-state index contributed by atoms with van der Waals surface area (Å²) in [4.78, 5) is 10.5. The first-order valence-electron chi connectivity index (χ1n) is 21.7. The lowest BCUT2D eigenvalue weighted by molar-refractivity contribution is -0.433. The van der Waals surface area contributed by atoms with E-state index in [0.717, 1.165) is 0 Å². The fourth-order valence-electron chi connectivity index (χ4n) is 6.29. The lowest BCUT2D eigenvalue weighted by Crippen LogP contribution is -2.71. The number of rotatable bonds is 18. The summed E-state index contributed by atoms with van der Waals surface area (Å²) in [5.74, 6) is -65.2. The van der Waals surface area contributed by atoms with Gasteiger partial charge < -0.3 is 9.11 Å². The molecule has 6 aromatic rings. The summed E-state index contributed by atoms with van der Waals surface area (Å²) in [6, 6.07) is 61.5. The van der Waals surface area contributed by atoms with E-state index >= 15 is 0 Å². The Kier molecular flexibility index (Phi) is 21.0. The van der Waals surface area contributed by atoms with Crippen LogP contribution in [0.25, 0.3) is 0 Å². The third kappa shape index (κ3) is 13.7. The van der Waals surface area contributed by atoms with Gasteiger partial charge in [0.1, 0.15) is 0 Å². The van der Waals surface area contributed by atoms with Crippen molar-refractivity contribution in [3.05, 3.63) is 170 Å². The zero-order valence-electron chi connectivity index (χ0n) is 40.5. The van der Waals surface area contributed by atoms with Gasteiger partial charge in [-0.15, -0.1) is 0 Å². The van der Waals surface area contributed by atoms with Gasteiger partial charge in [0.15, 0.2) is 49.6 Å². The number of hydrogen-bond donors (Lipinski definition) is 0. The predicted molar refractivity (Wildman–Crippen MR) is 248 cm³/mol.